The fourth-order valence-corrected chi connectivity index (χ4v) is 2.84. The van der Waals surface area contributed by atoms with E-state index in [0.717, 1.165) is 12.1 Å². The Morgan fingerprint density at radius 2 is 2.04 bits per heavy atom. The monoisotopic (exact) mass is 403 g/mol. The third-order valence-corrected chi connectivity index (χ3v) is 4.15. The van der Waals surface area contributed by atoms with E-state index in [2.05, 4.69) is 5.32 Å². The molecule has 0 aromatic heterocycles. The molecule has 28 heavy (non-hydrogen) atoms. The van der Waals surface area contributed by atoms with Gasteiger partial charge in [-0.1, -0.05) is 26.0 Å². The number of carbonyl (C=O) groups excluding carboxylic acids is 3. The van der Waals surface area contributed by atoms with Crippen LogP contribution in [0, 0.1) is 5.92 Å². The molecule has 154 valence electrons. The van der Waals surface area contributed by atoms with Crippen molar-refractivity contribution in [2.75, 3.05) is 6.61 Å². The number of hydrogen-bond donors (Lipinski definition) is 3. The topological polar surface area (TPSA) is 108 Å². The Morgan fingerprint density at radius 3 is 2.61 bits per heavy atom. The second kappa shape index (κ2) is 8.57. The number of rotatable bonds is 7. The van der Waals surface area contributed by atoms with Crippen LogP contribution >= 0.6 is 0 Å². The molecule has 1 aliphatic heterocycles. The van der Waals surface area contributed by atoms with E-state index < -0.39 is 47.6 Å². The fraction of sp³-hybridized carbons (Fsp3) is 0.471. The highest BCUT2D eigenvalue weighted by molar-refractivity contribution is 6.07. The Morgan fingerprint density at radius 1 is 1.36 bits per heavy atom. The van der Waals surface area contributed by atoms with Gasteiger partial charge in [0.2, 0.25) is 0 Å². The molecule has 1 aromatic carbocycles. The van der Waals surface area contributed by atoms with Crippen molar-refractivity contribution in [2.45, 2.75) is 38.7 Å². The zero-order valence-electron chi connectivity index (χ0n) is 15.1. The Balaban J connectivity index is 2.00. The van der Waals surface area contributed by atoms with E-state index in [1.807, 2.05) is 0 Å². The molecule has 0 saturated carbocycles. The Hall–Kier alpha value is -2.66. The van der Waals surface area contributed by atoms with Crippen LogP contribution in [0.2, 0.25) is 0 Å². The summed E-state index contributed by atoms with van der Waals surface area (Å²) in [5, 5.41) is 11.2. The number of urea groups is 1. The molecule has 3 N–H and O–H groups in total. The zero-order valence-corrected chi connectivity index (χ0v) is 15.1. The first kappa shape index (κ1) is 21.6. The van der Waals surface area contributed by atoms with Crippen molar-refractivity contribution in [3.63, 3.8) is 0 Å². The molecule has 2 rings (SSSR count). The SMILES string of the molecule is CC(C)C(C(=O)NO)N1C(=O)NC(COCc2cccc(C(F)(F)F)c2)C1=O. The van der Waals surface area contributed by atoms with Crippen molar-refractivity contribution >= 4 is 17.8 Å². The minimum atomic E-state index is -4.48. The van der Waals surface area contributed by atoms with E-state index in [1.54, 1.807) is 13.8 Å². The molecule has 1 fully saturated rings. The zero-order chi connectivity index (χ0) is 21.1. The molecule has 1 aliphatic rings. The predicted octanol–water partition coefficient (Wildman–Crippen LogP) is 1.67. The second-order valence-corrected chi connectivity index (χ2v) is 6.59. The minimum Gasteiger partial charge on any atom is -0.374 e. The van der Waals surface area contributed by atoms with Gasteiger partial charge in [-0.3, -0.25) is 14.8 Å². The fourth-order valence-electron chi connectivity index (χ4n) is 2.84. The number of carbonyl (C=O) groups is 3. The lowest BCUT2D eigenvalue weighted by Crippen LogP contribution is -2.52. The van der Waals surface area contributed by atoms with Crippen LogP contribution in [-0.4, -0.2) is 46.6 Å². The Labute approximate surface area is 158 Å². The maximum absolute atomic E-state index is 12.7. The Kier molecular flexibility index (Phi) is 6.62. The third kappa shape index (κ3) is 4.78. The first-order chi connectivity index (χ1) is 13.1. The van der Waals surface area contributed by atoms with E-state index in [9.17, 15) is 27.6 Å². The number of amides is 4. The number of imide groups is 1. The predicted molar refractivity (Wildman–Crippen MR) is 88.8 cm³/mol. The van der Waals surface area contributed by atoms with Crippen LogP contribution < -0.4 is 10.8 Å². The van der Waals surface area contributed by atoms with Crippen molar-refractivity contribution in [1.82, 2.24) is 15.7 Å². The van der Waals surface area contributed by atoms with Gasteiger partial charge >= 0.3 is 12.2 Å². The van der Waals surface area contributed by atoms with Crippen molar-refractivity contribution in [3.8, 4) is 0 Å². The molecule has 0 radical (unpaired) electrons. The standard InChI is InChI=1S/C17H20F3N3O5/c1-9(2)13(14(24)22-27)23-15(25)12(21-16(23)26)8-28-7-10-4-3-5-11(6-10)17(18,19)20/h3-6,9,12-13,27H,7-8H2,1-2H3,(H,21,26)(H,22,24). The van der Waals surface area contributed by atoms with Gasteiger partial charge in [0.1, 0.15) is 12.1 Å². The summed E-state index contributed by atoms with van der Waals surface area (Å²) in [5.74, 6) is -2.10. The minimum absolute atomic E-state index is 0.200. The number of hydrogen-bond acceptors (Lipinski definition) is 5. The van der Waals surface area contributed by atoms with Gasteiger partial charge in [0.25, 0.3) is 11.8 Å². The van der Waals surface area contributed by atoms with Crippen LogP contribution in [-0.2, 0) is 27.1 Å². The molecule has 0 spiro atoms. The highest BCUT2D eigenvalue weighted by Crippen LogP contribution is 2.29. The van der Waals surface area contributed by atoms with Crippen LogP contribution in [0.5, 0.6) is 0 Å². The molecule has 0 aliphatic carbocycles. The summed E-state index contributed by atoms with van der Waals surface area (Å²) in [5.41, 5.74) is 0.859. The van der Waals surface area contributed by atoms with E-state index in [0.29, 0.717) is 4.90 Å². The molecular formula is C17H20F3N3O5. The summed E-state index contributed by atoms with van der Waals surface area (Å²) in [6, 6.07) is 1.42. The van der Waals surface area contributed by atoms with Crippen molar-refractivity contribution in [2.24, 2.45) is 5.92 Å². The third-order valence-electron chi connectivity index (χ3n) is 4.15. The Bertz CT molecular complexity index is 754. The summed E-state index contributed by atoms with van der Waals surface area (Å²) in [4.78, 5) is 37.1. The number of benzene rings is 1. The normalized spacial score (nSPS) is 18.4. The van der Waals surface area contributed by atoms with Crippen LogP contribution in [0.1, 0.15) is 25.0 Å². The van der Waals surface area contributed by atoms with Gasteiger partial charge in [-0.05, 0) is 23.6 Å². The second-order valence-electron chi connectivity index (χ2n) is 6.59. The summed E-state index contributed by atoms with van der Waals surface area (Å²) in [7, 11) is 0. The van der Waals surface area contributed by atoms with Gasteiger partial charge in [0.15, 0.2) is 0 Å². The lowest BCUT2D eigenvalue weighted by Gasteiger charge is -2.26. The van der Waals surface area contributed by atoms with Gasteiger partial charge in [0.05, 0.1) is 18.8 Å². The van der Waals surface area contributed by atoms with Crippen LogP contribution in [0.25, 0.3) is 0 Å². The maximum atomic E-state index is 12.7. The van der Waals surface area contributed by atoms with E-state index >= 15 is 0 Å². The first-order valence-corrected chi connectivity index (χ1v) is 8.37. The molecule has 0 bridgehead atoms. The van der Waals surface area contributed by atoms with Crippen molar-refractivity contribution in [1.29, 1.82) is 0 Å². The number of ether oxygens (including phenoxy) is 1. The van der Waals surface area contributed by atoms with Crippen LogP contribution in [0.15, 0.2) is 24.3 Å². The highest BCUT2D eigenvalue weighted by Gasteiger charge is 2.45. The molecule has 11 heteroatoms. The summed E-state index contributed by atoms with van der Waals surface area (Å²) >= 11 is 0. The molecule has 1 aromatic rings. The number of hydroxylamine groups is 1. The van der Waals surface area contributed by atoms with Gasteiger partial charge in [-0.25, -0.2) is 15.2 Å². The molecule has 1 saturated heterocycles. The van der Waals surface area contributed by atoms with Gasteiger partial charge in [-0.15, -0.1) is 0 Å². The summed E-state index contributed by atoms with van der Waals surface area (Å²) in [6.45, 7) is 2.70. The number of nitrogens with zero attached hydrogens (tertiary/aromatic N) is 1. The molecule has 1 heterocycles. The maximum Gasteiger partial charge on any atom is 0.416 e. The van der Waals surface area contributed by atoms with Crippen molar-refractivity contribution in [3.05, 3.63) is 35.4 Å². The van der Waals surface area contributed by atoms with Gasteiger partial charge < -0.3 is 10.1 Å². The smallest absolute Gasteiger partial charge is 0.374 e. The molecule has 8 nitrogen and oxygen atoms in total. The van der Waals surface area contributed by atoms with Gasteiger partial charge in [-0.2, -0.15) is 13.2 Å². The lowest BCUT2D eigenvalue weighted by atomic mass is 10.0. The first-order valence-electron chi connectivity index (χ1n) is 8.37. The average molecular weight is 403 g/mol. The molecule has 2 unspecified atom stereocenters. The van der Waals surface area contributed by atoms with E-state index in [4.69, 9.17) is 9.94 Å². The van der Waals surface area contributed by atoms with E-state index in [1.165, 1.54) is 17.6 Å². The summed E-state index contributed by atoms with van der Waals surface area (Å²) in [6.07, 6.45) is -4.48. The molecular weight excluding hydrogens is 383 g/mol. The largest absolute Gasteiger partial charge is 0.416 e. The number of nitrogens with one attached hydrogen (secondary N) is 2. The number of halogens is 3. The van der Waals surface area contributed by atoms with Crippen LogP contribution in [0.3, 0.4) is 0 Å². The highest BCUT2D eigenvalue weighted by atomic mass is 19.4. The average Bonchev–Trinajstić information content (AvgIpc) is 2.89. The lowest BCUT2D eigenvalue weighted by molar-refractivity contribution is -0.142. The number of alkyl halides is 3. The van der Waals surface area contributed by atoms with E-state index in [-0.39, 0.29) is 18.8 Å². The summed E-state index contributed by atoms with van der Waals surface area (Å²) < 4.78 is 43.4. The van der Waals surface area contributed by atoms with Gasteiger partial charge in [0, 0.05) is 0 Å². The molecule has 2 atom stereocenters. The van der Waals surface area contributed by atoms with Crippen molar-refractivity contribution < 1.29 is 37.5 Å². The van der Waals surface area contributed by atoms with Crippen LogP contribution in [0.4, 0.5) is 18.0 Å². The molecule has 4 amide bonds. The quantitative estimate of drug-likeness (QED) is 0.365.